The fourth-order valence-corrected chi connectivity index (χ4v) is 0.730. The van der Waals surface area contributed by atoms with Crippen molar-refractivity contribution in [3.63, 3.8) is 0 Å². The fourth-order valence-electron chi connectivity index (χ4n) is 0.730. The van der Waals surface area contributed by atoms with Gasteiger partial charge < -0.3 is 14.9 Å². The van der Waals surface area contributed by atoms with Gasteiger partial charge >= 0.3 is 11.9 Å². The van der Waals surface area contributed by atoms with E-state index in [2.05, 4.69) is 4.74 Å². The summed E-state index contributed by atoms with van der Waals surface area (Å²) in [5.41, 5.74) is 0. The first-order valence-electron chi connectivity index (χ1n) is 3.47. The Hall–Kier alpha value is -1.43. The number of rotatable bonds is 6. The van der Waals surface area contributed by atoms with Crippen LogP contribution in [-0.2, 0) is 19.1 Å². The Morgan fingerprint density at radius 3 is 2.15 bits per heavy atom. The summed E-state index contributed by atoms with van der Waals surface area (Å²) in [7, 11) is 1.28. The van der Waals surface area contributed by atoms with Gasteiger partial charge in [-0.05, 0) is 0 Å². The number of ether oxygens (including phenoxy) is 1. The minimum absolute atomic E-state index is 0.172. The van der Waals surface area contributed by atoms with Gasteiger partial charge in [-0.2, -0.15) is 0 Å². The summed E-state index contributed by atoms with van der Waals surface area (Å²) in [5.74, 6) is -5.07. The summed E-state index contributed by atoms with van der Waals surface area (Å²) in [6.45, 7) is -0.172. The molecular formula is C7H10O6. The van der Waals surface area contributed by atoms with Gasteiger partial charge in [-0.15, -0.1) is 0 Å². The van der Waals surface area contributed by atoms with Crippen molar-refractivity contribution in [1.29, 1.82) is 0 Å². The topological polar surface area (TPSA) is 101 Å². The van der Waals surface area contributed by atoms with E-state index in [1.807, 2.05) is 0 Å². The number of aliphatic carboxylic acids is 2. The lowest BCUT2D eigenvalue weighted by atomic mass is 10.0. The van der Waals surface area contributed by atoms with E-state index in [1.165, 1.54) is 7.11 Å². The average Bonchev–Trinajstić information content (AvgIpc) is 2.03. The molecule has 0 aliphatic heterocycles. The third-order valence-corrected chi connectivity index (χ3v) is 1.39. The Balaban J connectivity index is 4.17. The van der Waals surface area contributed by atoms with E-state index in [9.17, 15) is 14.4 Å². The lowest BCUT2D eigenvalue weighted by Crippen LogP contribution is -2.25. The van der Waals surface area contributed by atoms with Crippen molar-refractivity contribution < 1.29 is 29.3 Å². The standard InChI is InChI=1S/C7H10O6/c1-13-3-4(6(9)10)2-5(8)7(11)12/h4H,2-3H2,1H3,(H,9,10)(H,11,12). The number of carbonyl (C=O) groups excluding carboxylic acids is 1. The maximum atomic E-state index is 10.6. The zero-order chi connectivity index (χ0) is 10.4. The third kappa shape index (κ3) is 4.22. The molecule has 1 unspecified atom stereocenters. The summed E-state index contributed by atoms with van der Waals surface area (Å²) < 4.78 is 4.52. The number of carboxylic acids is 2. The molecule has 0 aromatic heterocycles. The number of ketones is 1. The van der Waals surface area contributed by atoms with Gasteiger partial charge in [0.1, 0.15) is 0 Å². The van der Waals surface area contributed by atoms with Crippen molar-refractivity contribution in [2.24, 2.45) is 5.92 Å². The summed E-state index contributed by atoms with van der Waals surface area (Å²) in [4.78, 5) is 31.1. The number of carbonyl (C=O) groups is 3. The normalized spacial score (nSPS) is 12.1. The fraction of sp³-hybridized carbons (Fsp3) is 0.571. The van der Waals surface area contributed by atoms with Gasteiger partial charge in [-0.25, -0.2) is 4.79 Å². The minimum Gasteiger partial charge on any atom is -0.481 e. The van der Waals surface area contributed by atoms with E-state index < -0.39 is 30.1 Å². The third-order valence-electron chi connectivity index (χ3n) is 1.39. The molecule has 2 N–H and O–H groups in total. The van der Waals surface area contributed by atoms with Gasteiger partial charge in [0, 0.05) is 13.5 Å². The highest BCUT2D eigenvalue weighted by Gasteiger charge is 2.24. The summed E-state index contributed by atoms with van der Waals surface area (Å²) in [5, 5.41) is 16.7. The molecule has 0 amide bonds. The molecular weight excluding hydrogens is 180 g/mol. The first-order chi connectivity index (χ1) is 5.99. The SMILES string of the molecule is COCC(CC(=O)C(=O)O)C(=O)O. The Bertz CT molecular complexity index is 221. The number of Topliss-reactive ketones (excluding diaryl/α,β-unsaturated/α-hetero) is 1. The van der Waals surface area contributed by atoms with E-state index in [0.717, 1.165) is 0 Å². The highest BCUT2D eigenvalue weighted by molar-refractivity contribution is 6.33. The quantitative estimate of drug-likeness (QED) is 0.541. The molecule has 0 saturated heterocycles. The summed E-state index contributed by atoms with van der Waals surface area (Å²) in [6.07, 6.45) is -0.543. The van der Waals surface area contributed by atoms with Crippen LogP contribution >= 0.6 is 0 Å². The molecule has 0 aromatic rings. The number of hydrogen-bond donors (Lipinski definition) is 2. The van der Waals surface area contributed by atoms with Gasteiger partial charge in [0.15, 0.2) is 0 Å². The van der Waals surface area contributed by atoms with Gasteiger partial charge in [-0.3, -0.25) is 9.59 Å². The number of hydrogen-bond acceptors (Lipinski definition) is 4. The van der Waals surface area contributed by atoms with Crippen LogP contribution in [0.1, 0.15) is 6.42 Å². The number of carboxylic acid groups (broad SMARTS) is 2. The Labute approximate surface area is 74.1 Å². The van der Waals surface area contributed by atoms with E-state index >= 15 is 0 Å². The molecule has 13 heavy (non-hydrogen) atoms. The van der Waals surface area contributed by atoms with Gasteiger partial charge in [-0.1, -0.05) is 0 Å². The maximum Gasteiger partial charge on any atom is 0.372 e. The van der Waals surface area contributed by atoms with Crippen molar-refractivity contribution in [1.82, 2.24) is 0 Å². The molecule has 0 heterocycles. The second kappa shape index (κ2) is 5.26. The van der Waals surface area contributed by atoms with Gasteiger partial charge in [0.05, 0.1) is 12.5 Å². The molecule has 74 valence electrons. The highest BCUT2D eigenvalue weighted by atomic mass is 16.5. The molecule has 6 nitrogen and oxygen atoms in total. The number of methoxy groups -OCH3 is 1. The predicted molar refractivity (Wildman–Crippen MR) is 40.3 cm³/mol. The summed E-state index contributed by atoms with van der Waals surface area (Å²) in [6, 6.07) is 0. The molecule has 1 atom stereocenters. The lowest BCUT2D eigenvalue weighted by molar-refractivity contribution is -0.152. The monoisotopic (exact) mass is 190 g/mol. The van der Waals surface area contributed by atoms with Crippen LogP contribution in [0.5, 0.6) is 0 Å². The zero-order valence-electron chi connectivity index (χ0n) is 7.02. The van der Waals surface area contributed by atoms with Crippen LogP contribution in [0, 0.1) is 5.92 Å². The van der Waals surface area contributed by atoms with Crippen molar-refractivity contribution in [2.45, 2.75) is 6.42 Å². The van der Waals surface area contributed by atoms with Gasteiger partial charge in [0.2, 0.25) is 5.78 Å². The van der Waals surface area contributed by atoms with Crippen molar-refractivity contribution in [2.75, 3.05) is 13.7 Å². The molecule has 0 saturated carbocycles. The maximum absolute atomic E-state index is 10.6. The van der Waals surface area contributed by atoms with Crippen LogP contribution < -0.4 is 0 Å². The lowest BCUT2D eigenvalue weighted by Gasteiger charge is -2.07. The van der Waals surface area contributed by atoms with Crippen LogP contribution in [0.3, 0.4) is 0 Å². The Morgan fingerprint density at radius 1 is 1.31 bits per heavy atom. The molecule has 0 fully saturated rings. The van der Waals surface area contributed by atoms with Crippen molar-refractivity contribution in [3.8, 4) is 0 Å². The van der Waals surface area contributed by atoms with Crippen molar-refractivity contribution in [3.05, 3.63) is 0 Å². The second-order valence-corrected chi connectivity index (χ2v) is 2.42. The Morgan fingerprint density at radius 2 is 1.85 bits per heavy atom. The second-order valence-electron chi connectivity index (χ2n) is 2.42. The molecule has 6 heteroatoms. The van der Waals surface area contributed by atoms with Crippen LogP contribution in [0.2, 0.25) is 0 Å². The first-order valence-corrected chi connectivity index (χ1v) is 3.47. The highest BCUT2D eigenvalue weighted by Crippen LogP contribution is 2.04. The predicted octanol–water partition coefficient (Wildman–Crippen LogP) is -0.623. The molecule has 0 aromatic carbocycles. The minimum atomic E-state index is -1.62. The zero-order valence-corrected chi connectivity index (χ0v) is 7.02. The molecule has 0 radical (unpaired) electrons. The summed E-state index contributed by atoms with van der Waals surface area (Å²) >= 11 is 0. The molecule has 0 aliphatic carbocycles. The van der Waals surface area contributed by atoms with Crippen LogP contribution in [0.15, 0.2) is 0 Å². The van der Waals surface area contributed by atoms with Crippen LogP contribution in [-0.4, -0.2) is 41.7 Å². The van der Waals surface area contributed by atoms with E-state index in [4.69, 9.17) is 10.2 Å². The van der Waals surface area contributed by atoms with E-state index in [0.29, 0.717) is 0 Å². The van der Waals surface area contributed by atoms with Crippen LogP contribution in [0.4, 0.5) is 0 Å². The molecule has 0 rings (SSSR count). The Kier molecular flexibility index (Phi) is 4.68. The van der Waals surface area contributed by atoms with Crippen molar-refractivity contribution >= 4 is 17.7 Å². The largest absolute Gasteiger partial charge is 0.481 e. The van der Waals surface area contributed by atoms with Gasteiger partial charge in [0.25, 0.3) is 0 Å². The molecule has 0 aliphatic rings. The average molecular weight is 190 g/mol. The first kappa shape index (κ1) is 11.6. The van der Waals surface area contributed by atoms with Crippen LogP contribution in [0.25, 0.3) is 0 Å². The molecule has 0 bridgehead atoms. The van der Waals surface area contributed by atoms with E-state index in [-0.39, 0.29) is 6.61 Å². The molecule has 0 spiro atoms. The smallest absolute Gasteiger partial charge is 0.372 e. The van der Waals surface area contributed by atoms with E-state index in [1.54, 1.807) is 0 Å².